The van der Waals surface area contributed by atoms with Gasteiger partial charge in [-0.25, -0.2) is 0 Å². The zero-order valence-electron chi connectivity index (χ0n) is 28.3. The lowest BCUT2D eigenvalue weighted by molar-refractivity contribution is -0.151. The van der Waals surface area contributed by atoms with Gasteiger partial charge >= 0.3 is 5.97 Å². The monoisotopic (exact) mass is 569 g/mol. The molecular weight excluding hydrogens is 500 g/mol. The molecule has 0 bridgehead atoms. The van der Waals surface area contributed by atoms with E-state index in [1.54, 1.807) is 5.57 Å². The molecule has 2 nitrogen and oxygen atoms in total. The summed E-state index contributed by atoms with van der Waals surface area (Å²) in [4.78, 5) is 12.7. The molecule has 0 aromatic rings. The molecule has 0 radical (unpaired) electrons. The minimum absolute atomic E-state index is 0.0591. The van der Waals surface area contributed by atoms with E-state index in [-0.39, 0.29) is 12.1 Å². The van der Waals surface area contributed by atoms with E-state index in [2.05, 4.69) is 47.6 Å². The maximum atomic E-state index is 12.7. The largest absolute Gasteiger partial charge is 0.462 e. The van der Waals surface area contributed by atoms with Gasteiger partial charge in [0.25, 0.3) is 0 Å². The highest BCUT2D eigenvalue weighted by Crippen LogP contribution is 2.67. The Kier molecular flexibility index (Phi) is 12.3. The van der Waals surface area contributed by atoms with Crippen LogP contribution in [-0.4, -0.2) is 12.1 Å². The van der Waals surface area contributed by atoms with Crippen molar-refractivity contribution < 1.29 is 9.53 Å². The molecule has 0 aromatic carbocycles. The molecule has 0 saturated heterocycles. The van der Waals surface area contributed by atoms with Gasteiger partial charge in [-0.3, -0.25) is 4.79 Å². The third kappa shape index (κ3) is 8.03. The summed E-state index contributed by atoms with van der Waals surface area (Å²) in [5, 5.41) is 0. The maximum Gasteiger partial charge on any atom is 0.306 e. The first kappa shape index (κ1) is 33.1. The predicted octanol–water partition coefficient (Wildman–Crippen LogP) is 11.9. The Morgan fingerprint density at radius 3 is 2.27 bits per heavy atom. The van der Waals surface area contributed by atoms with Crippen molar-refractivity contribution in [3.05, 3.63) is 11.6 Å². The molecule has 2 heteroatoms. The number of allylic oxidation sites excluding steroid dienone is 1. The number of hydrogen-bond donors (Lipinski definition) is 0. The maximum absolute atomic E-state index is 12.7. The van der Waals surface area contributed by atoms with Crippen LogP contribution < -0.4 is 0 Å². The second-order valence-electron chi connectivity index (χ2n) is 16.2. The molecule has 4 aliphatic rings. The molecule has 0 amide bonds. The van der Waals surface area contributed by atoms with Crippen LogP contribution in [0.2, 0.25) is 0 Å². The van der Waals surface area contributed by atoms with Crippen LogP contribution in [0.25, 0.3) is 0 Å². The van der Waals surface area contributed by atoms with Gasteiger partial charge in [-0.2, -0.15) is 0 Å². The smallest absolute Gasteiger partial charge is 0.306 e. The van der Waals surface area contributed by atoms with Crippen LogP contribution in [0.4, 0.5) is 0 Å². The first-order chi connectivity index (χ1) is 19.7. The van der Waals surface area contributed by atoms with Crippen LogP contribution in [0.1, 0.15) is 176 Å². The highest BCUT2D eigenvalue weighted by Gasteiger charge is 2.59. The molecule has 3 fully saturated rings. The summed E-state index contributed by atoms with van der Waals surface area (Å²) in [5.41, 5.74) is 2.54. The molecule has 0 aliphatic heterocycles. The minimum atomic E-state index is 0.0591. The SMILES string of the molecule is CCCCCCCCCCCC(=O)O[C@H]1CC[C@@]2(C)C(=CC[C@@H]3[C@H]4CC[C@@H]([C@H](C)CCCC(C)C)[C@]4(C)CC[C@H]32)C1. The average molecular weight is 569 g/mol. The zero-order chi connectivity index (χ0) is 29.5. The van der Waals surface area contributed by atoms with Crippen molar-refractivity contribution in [2.75, 3.05) is 0 Å². The number of fused-ring (bicyclic) bond motifs is 5. The van der Waals surface area contributed by atoms with Gasteiger partial charge in [0.15, 0.2) is 0 Å². The van der Waals surface area contributed by atoms with Gasteiger partial charge in [-0.1, -0.05) is 124 Å². The summed E-state index contributed by atoms with van der Waals surface area (Å²) in [6.45, 7) is 14.9. The average Bonchev–Trinajstić information content (AvgIpc) is 3.29. The third-order valence-electron chi connectivity index (χ3n) is 13.0. The lowest BCUT2D eigenvalue weighted by Crippen LogP contribution is -2.51. The summed E-state index contributed by atoms with van der Waals surface area (Å²) in [6.07, 6.45) is 29.6. The van der Waals surface area contributed by atoms with Gasteiger partial charge in [0.1, 0.15) is 6.10 Å². The highest BCUT2D eigenvalue weighted by molar-refractivity contribution is 5.69. The molecule has 0 heterocycles. The standard InChI is InChI=1S/C39H68O2/c1-7-8-9-10-11-12-13-14-15-19-37(40)41-32-24-26-38(5)31(28-32)20-21-33-35-23-22-34(30(4)18-16-17-29(2)3)39(35,6)27-25-36(33)38/h20,29-30,32-36H,7-19,21-28H2,1-6H3/t30-,32+,33-,34+,35-,36-,38+,39+/m1/s1. The summed E-state index contributed by atoms with van der Waals surface area (Å²) in [5.74, 6) is 5.34. The zero-order valence-corrected chi connectivity index (χ0v) is 28.3. The fourth-order valence-electron chi connectivity index (χ4n) is 10.6. The van der Waals surface area contributed by atoms with E-state index in [4.69, 9.17) is 4.74 Å². The number of carbonyl (C=O) groups excluding carboxylic acids is 1. The molecule has 41 heavy (non-hydrogen) atoms. The Labute approximate surface area is 255 Å². The van der Waals surface area contributed by atoms with Crippen molar-refractivity contribution in [2.45, 2.75) is 182 Å². The molecular formula is C39H68O2. The number of esters is 1. The number of hydrogen-bond acceptors (Lipinski definition) is 2. The van der Waals surface area contributed by atoms with Crippen molar-refractivity contribution >= 4 is 5.97 Å². The van der Waals surface area contributed by atoms with Crippen LogP contribution in [0.5, 0.6) is 0 Å². The van der Waals surface area contributed by atoms with Crippen LogP contribution in [0.15, 0.2) is 11.6 Å². The van der Waals surface area contributed by atoms with Gasteiger partial charge in [0.2, 0.25) is 0 Å². The summed E-state index contributed by atoms with van der Waals surface area (Å²) < 4.78 is 6.09. The molecule has 4 rings (SSSR count). The van der Waals surface area contributed by atoms with E-state index in [9.17, 15) is 4.79 Å². The molecule has 236 valence electrons. The van der Waals surface area contributed by atoms with Gasteiger partial charge < -0.3 is 4.74 Å². The first-order valence-corrected chi connectivity index (χ1v) is 18.6. The molecule has 0 unspecified atom stereocenters. The summed E-state index contributed by atoms with van der Waals surface area (Å²) >= 11 is 0. The van der Waals surface area contributed by atoms with Gasteiger partial charge in [0, 0.05) is 12.8 Å². The minimum Gasteiger partial charge on any atom is -0.462 e. The van der Waals surface area contributed by atoms with E-state index in [1.165, 1.54) is 109 Å². The second kappa shape index (κ2) is 15.3. The van der Waals surface area contributed by atoms with E-state index in [0.717, 1.165) is 54.8 Å². The third-order valence-corrected chi connectivity index (χ3v) is 13.0. The number of unbranched alkanes of at least 4 members (excludes halogenated alkanes) is 8. The van der Waals surface area contributed by atoms with Crippen LogP contribution in [0, 0.1) is 46.3 Å². The van der Waals surface area contributed by atoms with Crippen LogP contribution >= 0.6 is 0 Å². The second-order valence-corrected chi connectivity index (χ2v) is 16.2. The lowest BCUT2D eigenvalue weighted by Gasteiger charge is -2.58. The topological polar surface area (TPSA) is 26.3 Å². The van der Waals surface area contributed by atoms with Crippen molar-refractivity contribution in [3.63, 3.8) is 0 Å². The normalized spacial score (nSPS) is 35.4. The van der Waals surface area contributed by atoms with Gasteiger partial charge in [-0.15, -0.1) is 0 Å². The highest BCUT2D eigenvalue weighted by atomic mass is 16.5. The molecule has 8 atom stereocenters. The Hall–Kier alpha value is -0.790. The molecule has 3 saturated carbocycles. The predicted molar refractivity (Wildman–Crippen MR) is 175 cm³/mol. The Balaban J connectivity index is 1.24. The molecule has 4 aliphatic carbocycles. The quantitative estimate of drug-likeness (QED) is 0.105. The van der Waals surface area contributed by atoms with Gasteiger partial charge in [0.05, 0.1) is 0 Å². The van der Waals surface area contributed by atoms with Crippen LogP contribution in [-0.2, 0) is 9.53 Å². The Morgan fingerprint density at radius 1 is 0.854 bits per heavy atom. The van der Waals surface area contributed by atoms with Crippen molar-refractivity contribution in [1.82, 2.24) is 0 Å². The van der Waals surface area contributed by atoms with E-state index < -0.39 is 0 Å². The van der Waals surface area contributed by atoms with Crippen molar-refractivity contribution in [2.24, 2.45) is 46.3 Å². The molecule has 0 aromatic heterocycles. The summed E-state index contributed by atoms with van der Waals surface area (Å²) in [7, 11) is 0. The van der Waals surface area contributed by atoms with E-state index in [0.29, 0.717) is 17.3 Å². The number of rotatable bonds is 16. The fourth-order valence-corrected chi connectivity index (χ4v) is 10.6. The fraction of sp³-hybridized carbons (Fsp3) is 0.923. The van der Waals surface area contributed by atoms with E-state index in [1.807, 2.05) is 0 Å². The lowest BCUT2D eigenvalue weighted by atomic mass is 9.47. The van der Waals surface area contributed by atoms with Crippen molar-refractivity contribution in [1.29, 1.82) is 0 Å². The molecule has 0 spiro atoms. The summed E-state index contributed by atoms with van der Waals surface area (Å²) in [6, 6.07) is 0. The number of ether oxygens (including phenoxy) is 1. The Morgan fingerprint density at radius 2 is 1.56 bits per heavy atom. The first-order valence-electron chi connectivity index (χ1n) is 18.6. The molecule has 0 N–H and O–H groups in total. The van der Waals surface area contributed by atoms with E-state index >= 15 is 0 Å². The number of carbonyl (C=O) groups is 1. The van der Waals surface area contributed by atoms with Gasteiger partial charge in [-0.05, 0) is 97.7 Å². The van der Waals surface area contributed by atoms with Crippen LogP contribution in [0.3, 0.4) is 0 Å². The van der Waals surface area contributed by atoms with Crippen molar-refractivity contribution in [3.8, 4) is 0 Å². The Bertz CT molecular complexity index is 843.